The van der Waals surface area contributed by atoms with E-state index in [1.54, 1.807) is 81.4 Å². The number of phosphoric acid groups is 1. The van der Waals surface area contributed by atoms with Crippen LogP contribution in [0.4, 0.5) is 0 Å². The molecule has 216 valence electrons. The van der Waals surface area contributed by atoms with E-state index in [-0.39, 0.29) is 30.3 Å². The molecule has 0 aliphatic carbocycles. The Morgan fingerprint density at radius 2 is 1.40 bits per heavy atom. The fourth-order valence-corrected chi connectivity index (χ4v) is 6.75. The van der Waals surface area contributed by atoms with Gasteiger partial charge in [-0.2, -0.15) is 4.72 Å². The summed E-state index contributed by atoms with van der Waals surface area (Å²) in [5.74, 6) is -0.534. The maximum Gasteiger partial charge on any atom is 0.476 e. The van der Waals surface area contributed by atoms with Crippen molar-refractivity contribution in [2.45, 2.75) is 37.3 Å². The van der Waals surface area contributed by atoms with Gasteiger partial charge in [-0.05, 0) is 56.2 Å². The van der Waals surface area contributed by atoms with Crippen LogP contribution in [-0.2, 0) is 43.3 Å². The highest BCUT2D eigenvalue weighted by molar-refractivity contribution is 7.89. The molecule has 0 radical (unpaired) electrons. The summed E-state index contributed by atoms with van der Waals surface area (Å²) in [7, 11) is -7.31. The van der Waals surface area contributed by atoms with Crippen LogP contribution in [0.5, 0.6) is 5.75 Å². The Labute approximate surface area is 235 Å². The van der Waals surface area contributed by atoms with Crippen LogP contribution in [0.3, 0.4) is 0 Å². The maximum absolute atomic E-state index is 14.0. The second-order valence-electron chi connectivity index (χ2n) is 8.34. The molecule has 1 N–H and O–H groups in total. The molecule has 3 rings (SSSR count). The third kappa shape index (κ3) is 7.17. The lowest BCUT2D eigenvalue weighted by molar-refractivity contribution is -0.168. The van der Waals surface area contributed by atoms with Crippen LogP contribution in [0.1, 0.15) is 37.9 Å². The van der Waals surface area contributed by atoms with Gasteiger partial charge < -0.3 is 9.47 Å². The van der Waals surface area contributed by atoms with Crippen molar-refractivity contribution in [3.8, 4) is 5.75 Å². The van der Waals surface area contributed by atoms with Gasteiger partial charge in [-0.15, -0.1) is 0 Å². The van der Waals surface area contributed by atoms with Crippen molar-refractivity contribution < 1.29 is 40.8 Å². The summed E-state index contributed by atoms with van der Waals surface area (Å²) in [6.07, 6.45) is 0. The molecule has 0 amide bonds. The minimum atomic E-state index is -4.46. The largest absolute Gasteiger partial charge is 0.497 e. The summed E-state index contributed by atoms with van der Waals surface area (Å²) in [4.78, 5) is 13.9. The van der Waals surface area contributed by atoms with Gasteiger partial charge in [-0.25, -0.2) is 17.8 Å². The van der Waals surface area contributed by atoms with Crippen LogP contribution in [0.15, 0.2) is 89.8 Å². The number of nitrogens with one attached hydrogen (secondary N) is 1. The first-order valence-corrected chi connectivity index (χ1v) is 15.6. The fraction of sp³-hybridized carbons (Fsp3) is 0.321. The van der Waals surface area contributed by atoms with Gasteiger partial charge >= 0.3 is 13.8 Å². The molecule has 0 aromatic heterocycles. The number of sulfonamides is 1. The number of hydrogen-bond acceptors (Lipinski definition) is 9. The molecule has 0 fully saturated rings. The van der Waals surface area contributed by atoms with Crippen LogP contribution in [0, 0.1) is 0 Å². The molecule has 0 heterocycles. The SMILES string of the molecule is CCOC(=O)[C@@](OP(=O)(OCC)OCC)(c1ccccc1)[C@@H](NS(=O)(=O)c1ccc(OC)cc1)c1ccccc1. The van der Waals surface area contributed by atoms with E-state index < -0.39 is 35.5 Å². The topological polar surface area (TPSA) is 126 Å². The number of rotatable bonds is 15. The van der Waals surface area contributed by atoms with Gasteiger partial charge in [0, 0.05) is 0 Å². The van der Waals surface area contributed by atoms with E-state index in [2.05, 4.69) is 4.72 Å². The second kappa shape index (κ2) is 14.0. The number of methoxy groups -OCH3 is 1. The van der Waals surface area contributed by atoms with Crippen LogP contribution in [-0.4, -0.2) is 41.3 Å². The smallest absolute Gasteiger partial charge is 0.476 e. The van der Waals surface area contributed by atoms with Crippen LogP contribution in [0.2, 0.25) is 0 Å². The fourth-order valence-electron chi connectivity index (χ4n) is 4.06. The van der Waals surface area contributed by atoms with Crippen molar-refractivity contribution in [1.29, 1.82) is 0 Å². The molecule has 12 heteroatoms. The first-order valence-electron chi connectivity index (χ1n) is 12.7. The van der Waals surface area contributed by atoms with E-state index in [0.717, 1.165) is 0 Å². The summed E-state index contributed by atoms with van der Waals surface area (Å²) in [5, 5.41) is 0. The number of carbonyl (C=O) groups is 1. The summed E-state index contributed by atoms with van der Waals surface area (Å²) < 4.78 is 71.7. The predicted octanol–water partition coefficient (Wildman–Crippen LogP) is 5.37. The van der Waals surface area contributed by atoms with E-state index >= 15 is 0 Å². The summed E-state index contributed by atoms with van der Waals surface area (Å²) >= 11 is 0. The van der Waals surface area contributed by atoms with Gasteiger partial charge in [0.25, 0.3) is 0 Å². The number of hydrogen-bond donors (Lipinski definition) is 1. The average Bonchev–Trinajstić information content (AvgIpc) is 2.96. The van der Waals surface area contributed by atoms with Crippen molar-refractivity contribution in [3.05, 3.63) is 96.1 Å². The van der Waals surface area contributed by atoms with Gasteiger partial charge in [0.15, 0.2) is 0 Å². The lowest BCUT2D eigenvalue weighted by Gasteiger charge is -2.40. The summed E-state index contributed by atoms with van der Waals surface area (Å²) in [5.41, 5.74) is -1.85. The second-order valence-corrected chi connectivity index (χ2v) is 11.6. The van der Waals surface area contributed by atoms with E-state index in [9.17, 15) is 17.8 Å². The number of esters is 1. The van der Waals surface area contributed by atoms with E-state index in [1.165, 1.54) is 31.4 Å². The van der Waals surface area contributed by atoms with Crippen molar-refractivity contribution in [2.75, 3.05) is 26.9 Å². The Morgan fingerprint density at radius 1 is 0.850 bits per heavy atom. The van der Waals surface area contributed by atoms with Crippen molar-refractivity contribution >= 4 is 23.8 Å². The highest BCUT2D eigenvalue weighted by Gasteiger charge is 2.57. The van der Waals surface area contributed by atoms with Crippen LogP contribution >= 0.6 is 7.82 Å². The number of phosphoric ester groups is 1. The molecular weight excluding hydrogens is 557 g/mol. The molecule has 3 aromatic rings. The first-order chi connectivity index (χ1) is 19.2. The number of ether oxygens (including phenoxy) is 2. The third-order valence-electron chi connectivity index (χ3n) is 5.79. The van der Waals surface area contributed by atoms with Gasteiger partial charge in [0.05, 0.1) is 37.9 Å². The molecule has 0 saturated heterocycles. The zero-order valence-corrected chi connectivity index (χ0v) is 24.5. The van der Waals surface area contributed by atoms with Gasteiger partial charge in [-0.3, -0.25) is 13.6 Å². The highest BCUT2D eigenvalue weighted by Crippen LogP contribution is 2.58. The molecule has 0 bridgehead atoms. The molecule has 10 nitrogen and oxygen atoms in total. The first kappa shape index (κ1) is 31.5. The predicted molar refractivity (Wildman–Crippen MR) is 149 cm³/mol. The van der Waals surface area contributed by atoms with E-state index in [4.69, 9.17) is 23.0 Å². The Bertz CT molecular complexity index is 1380. The average molecular weight is 592 g/mol. The highest BCUT2D eigenvalue weighted by atomic mass is 32.2. The Balaban J connectivity index is 2.34. The monoisotopic (exact) mass is 591 g/mol. The molecule has 0 unspecified atom stereocenters. The Morgan fingerprint density at radius 3 is 1.90 bits per heavy atom. The molecule has 0 aliphatic heterocycles. The maximum atomic E-state index is 14.0. The molecule has 0 spiro atoms. The molecule has 0 aliphatic rings. The molecule has 40 heavy (non-hydrogen) atoms. The van der Waals surface area contributed by atoms with E-state index in [1.807, 2.05) is 0 Å². The molecule has 2 atom stereocenters. The minimum Gasteiger partial charge on any atom is -0.497 e. The van der Waals surface area contributed by atoms with E-state index in [0.29, 0.717) is 11.3 Å². The Kier molecular flexibility index (Phi) is 11.0. The van der Waals surface area contributed by atoms with Crippen LogP contribution in [0.25, 0.3) is 0 Å². The van der Waals surface area contributed by atoms with Gasteiger partial charge in [-0.1, -0.05) is 60.7 Å². The summed E-state index contributed by atoms with van der Waals surface area (Å²) in [6, 6.07) is 20.7. The van der Waals surface area contributed by atoms with Crippen molar-refractivity contribution in [3.63, 3.8) is 0 Å². The number of benzene rings is 3. The van der Waals surface area contributed by atoms with Crippen molar-refractivity contribution in [2.24, 2.45) is 0 Å². The third-order valence-corrected chi connectivity index (χ3v) is 8.89. The zero-order valence-electron chi connectivity index (χ0n) is 22.8. The van der Waals surface area contributed by atoms with Crippen LogP contribution < -0.4 is 9.46 Å². The standard InChI is InChI=1S/C28H34NO9PS/c1-5-35-27(30)28(23-16-12-9-13-17-23,38-39(31,36-6-2)37-7-3)26(22-14-10-8-11-15-22)29-40(32,33)25-20-18-24(34-4)19-21-25/h8-21,26,29H,5-7H2,1-4H3/t26-,28+/m0/s1. The molecular formula is C28H34NO9PS. The molecule has 3 aromatic carbocycles. The zero-order chi connectivity index (χ0) is 29.2. The normalized spacial score (nSPS) is 14.2. The lowest BCUT2D eigenvalue weighted by atomic mass is 9.83. The Hall–Kier alpha value is -3.05. The summed E-state index contributed by atoms with van der Waals surface area (Å²) in [6.45, 7) is 4.56. The molecule has 0 saturated carbocycles. The quantitative estimate of drug-likeness (QED) is 0.183. The van der Waals surface area contributed by atoms with Gasteiger partial charge in [0.1, 0.15) is 5.75 Å². The van der Waals surface area contributed by atoms with Crippen molar-refractivity contribution in [1.82, 2.24) is 4.72 Å². The number of carbonyl (C=O) groups excluding carboxylic acids is 1. The van der Waals surface area contributed by atoms with Gasteiger partial charge in [0.2, 0.25) is 15.6 Å². The minimum absolute atomic E-state index is 0.0709. The lowest BCUT2D eigenvalue weighted by Crippen LogP contribution is -2.51.